The van der Waals surface area contributed by atoms with Crippen LogP contribution in [-0.4, -0.2) is 37.6 Å². The largest absolute Gasteiger partial charge is 0.324 e. The first kappa shape index (κ1) is 23.4. The summed E-state index contributed by atoms with van der Waals surface area (Å²) in [5, 5.41) is 14.3. The van der Waals surface area contributed by atoms with Crippen molar-refractivity contribution in [3.8, 4) is 5.69 Å². The number of amides is 2. The molecule has 1 aliphatic rings. The molecule has 2 amide bonds. The fourth-order valence-electron chi connectivity index (χ4n) is 4.88. The molecule has 1 fully saturated rings. The van der Waals surface area contributed by atoms with Crippen LogP contribution < -0.4 is 10.2 Å². The van der Waals surface area contributed by atoms with Gasteiger partial charge in [-0.3, -0.25) is 14.5 Å². The number of tetrazole rings is 1. The minimum atomic E-state index is -1.01. The van der Waals surface area contributed by atoms with Crippen LogP contribution in [0.15, 0.2) is 85.2 Å². The average Bonchev–Trinajstić information content (AvgIpc) is 3.46. The third kappa shape index (κ3) is 4.62. The summed E-state index contributed by atoms with van der Waals surface area (Å²) < 4.78 is 1.53. The summed E-state index contributed by atoms with van der Waals surface area (Å²) in [5.41, 5.74) is 2.74. The van der Waals surface area contributed by atoms with Gasteiger partial charge in [0, 0.05) is 16.9 Å². The van der Waals surface area contributed by atoms with Crippen molar-refractivity contribution in [2.24, 2.45) is 0 Å². The zero-order chi connectivity index (χ0) is 25.0. The molecule has 182 valence electrons. The minimum absolute atomic E-state index is 0.160. The van der Waals surface area contributed by atoms with E-state index in [1.54, 1.807) is 29.2 Å². The maximum Gasteiger partial charge on any atom is 0.259 e. The molecule has 0 unspecified atom stereocenters. The zero-order valence-corrected chi connectivity index (χ0v) is 20.2. The van der Waals surface area contributed by atoms with Gasteiger partial charge in [0.1, 0.15) is 11.9 Å². The van der Waals surface area contributed by atoms with Gasteiger partial charge in [0.2, 0.25) is 0 Å². The third-order valence-corrected chi connectivity index (χ3v) is 6.79. The highest BCUT2D eigenvalue weighted by atomic mass is 16.2. The number of carbonyl (C=O) groups is 2. The van der Waals surface area contributed by atoms with Crippen LogP contribution in [0.2, 0.25) is 0 Å². The fourth-order valence-corrected chi connectivity index (χ4v) is 4.88. The topological polar surface area (TPSA) is 93.0 Å². The summed E-state index contributed by atoms with van der Waals surface area (Å²) in [6.45, 7) is 2.01. The summed E-state index contributed by atoms with van der Waals surface area (Å²) in [4.78, 5) is 29.9. The third-order valence-electron chi connectivity index (χ3n) is 6.79. The Morgan fingerprint density at radius 3 is 2.22 bits per heavy atom. The molecule has 1 heterocycles. The smallest absolute Gasteiger partial charge is 0.259 e. The molecule has 36 heavy (non-hydrogen) atoms. The van der Waals surface area contributed by atoms with Gasteiger partial charge in [0.15, 0.2) is 0 Å². The van der Waals surface area contributed by atoms with E-state index in [4.69, 9.17) is 0 Å². The number of nitrogens with one attached hydrogen (secondary N) is 1. The summed E-state index contributed by atoms with van der Waals surface area (Å²) in [5.74, 6) is -0.375. The number of nitrogens with zero attached hydrogens (tertiary/aromatic N) is 5. The molecule has 0 bridgehead atoms. The molecule has 8 heteroatoms. The van der Waals surface area contributed by atoms with Gasteiger partial charge >= 0.3 is 0 Å². The average molecular weight is 481 g/mol. The Bertz CT molecular complexity index is 1310. The fraction of sp³-hybridized carbons (Fsp3) is 0.250. The van der Waals surface area contributed by atoms with E-state index in [2.05, 4.69) is 20.8 Å². The molecule has 3 aromatic carbocycles. The molecule has 1 saturated carbocycles. The van der Waals surface area contributed by atoms with Gasteiger partial charge in [-0.1, -0.05) is 55.2 Å². The molecule has 0 spiro atoms. The first-order valence-electron chi connectivity index (χ1n) is 12.2. The number of rotatable bonds is 6. The Kier molecular flexibility index (Phi) is 6.58. The van der Waals surface area contributed by atoms with E-state index in [9.17, 15) is 9.59 Å². The number of aryl methyl sites for hydroxylation is 1. The van der Waals surface area contributed by atoms with Crippen molar-refractivity contribution in [1.29, 1.82) is 0 Å². The molecule has 1 N–H and O–H groups in total. The van der Waals surface area contributed by atoms with Gasteiger partial charge in [-0.15, -0.1) is 5.10 Å². The van der Waals surface area contributed by atoms with E-state index < -0.39 is 5.54 Å². The van der Waals surface area contributed by atoms with Crippen LogP contribution in [0.1, 0.15) is 48.0 Å². The molecular formula is C28H28N6O2. The van der Waals surface area contributed by atoms with E-state index in [0.29, 0.717) is 24.1 Å². The molecule has 5 rings (SSSR count). The van der Waals surface area contributed by atoms with Crippen LogP contribution in [0.4, 0.5) is 11.4 Å². The lowest BCUT2D eigenvalue weighted by Gasteiger charge is -2.45. The van der Waals surface area contributed by atoms with Crippen molar-refractivity contribution in [1.82, 2.24) is 20.2 Å². The van der Waals surface area contributed by atoms with Crippen LogP contribution in [0.5, 0.6) is 0 Å². The molecule has 0 atom stereocenters. The Morgan fingerprint density at radius 2 is 1.58 bits per heavy atom. The van der Waals surface area contributed by atoms with E-state index in [-0.39, 0.29) is 11.8 Å². The highest BCUT2D eigenvalue weighted by Crippen LogP contribution is 2.39. The zero-order valence-electron chi connectivity index (χ0n) is 20.2. The Morgan fingerprint density at radius 1 is 0.889 bits per heavy atom. The van der Waals surface area contributed by atoms with Gasteiger partial charge in [0.25, 0.3) is 11.8 Å². The molecular weight excluding hydrogens is 452 g/mol. The molecule has 0 radical (unpaired) electrons. The lowest BCUT2D eigenvalue weighted by molar-refractivity contribution is -0.122. The Balaban J connectivity index is 1.56. The number of para-hydroxylation sites is 1. The molecule has 8 nitrogen and oxygen atoms in total. The SMILES string of the molecule is Cc1ccc(N(C(=O)c2ccc(-n3cnnn3)cc2)C2(C(=O)Nc3ccccc3)CCCCC2)cc1. The predicted octanol–water partition coefficient (Wildman–Crippen LogP) is 4.96. The van der Waals surface area contributed by atoms with Gasteiger partial charge in [-0.2, -0.15) is 0 Å². The first-order chi connectivity index (χ1) is 17.6. The Labute approximate surface area is 209 Å². The van der Waals surface area contributed by atoms with Gasteiger partial charge in [-0.05, 0) is 78.7 Å². The van der Waals surface area contributed by atoms with Crippen molar-refractivity contribution in [2.75, 3.05) is 10.2 Å². The number of anilines is 2. The van der Waals surface area contributed by atoms with Crippen molar-refractivity contribution in [3.05, 3.63) is 96.3 Å². The van der Waals surface area contributed by atoms with Crippen molar-refractivity contribution >= 4 is 23.2 Å². The summed E-state index contributed by atoms with van der Waals surface area (Å²) in [7, 11) is 0. The normalized spacial score (nSPS) is 14.7. The molecule has 0 saturated heterocycles. The van der Waals surface area contributed by atoms with Crippen LogP contribution in [-0.2, 0) is 4.79 Å². The summed E-state index contributed by atoms with van der Waals surface area (Å²) in [6.07, 6.45) is 5.46. The molecule has 1 aromatic heterocycles. The number of carbonyl (C=O) groups excluding carboxylic acids is 2. The van der Waals surface area contributed by atoms with Crippen LogP contribution >= 0.6 is 0 Å². The second kappa shape index (κ2) is 10.1. The van der Waals surface area contributed by atoms with Crippen LogP contribution in [0.25, 0.3) is 5.69 Å². The second-order valence-electron chi connectivity index (χ2n) is 9.19. The highest BCUT2D eigenvalue weighted by Gasteiger charge is 2.48. The van der Waals surface area contributed by atoms with E-state index in [1.165, 1.54) is 11.0 Å². The molecule has 1 aliphatic carbocycles. The monoisotopic (exact) mass is 480 g/mol. The van der Waals surface area contributed by atoms with Gasteiger partial charge < -0.3 is 5.32 Å². The number of benzene rings is 3. The number of hydrogen-bond acceptors (Lipinski definition) is 5. The molecule has 0 aliphatic heterocycles. The number of aromatic nitrogens is 4. The second-order valence-corrected chi connectivity index (χ2v) is 9.19. The van der Waals surface area contributed by atoms with Gasteiger partial charge in [0.05, 0.1) is 5.69 Å². The summed E-state index contributed by atoms with van der Waals surface area (Å²) in [6, 6.07) is 24.3. The minimum Gasteiger partial charge on any atom is -0.324 e. The predicted molar refractivity (Wildman–Crippen MR) is 138 cm³/mol. The van der Waals surface area contributed by atoms with E-state index in [0.717, 1.165) is 36.2 Å². The highest BCUT2D eigenvalue weighted by molar-refractivity contribution is 6.13. The lowest BCUT2D eigenvalue weighted by atomic mass is 9.78. The molecule has 4 aromatic rings. The lowest BCUT2D eigenvalue weighted by Crippen LogP contribution is -2.60. The van der Waals surface area contributed by atoms with Crippen molar-refractivity contribution in [3.63, 3.8) is 0 Å². The van der Waals surface area contributed by atoms with Gasteiger partial charge in [-0.25, -0.2) is 4.68 Å². The summed E-state index contributed by atoms with van der Waals surface area (Å²) >= 11 is 0. The quantitative estimate of drug-likeness (QED) is 0.421. The standard InChI is InChI=1S/C28H28N6O2/c1-21-10-14-25(15-11-21)34(26(35)22-12-16-24(17-13-22)33-20-29-31-32-33)28(18-6-3-7-19-28)27(36)30-23-8-4-2-5-9-23/h2,4-5,8-17,20H,3,6-7,18-19H2,1H3,(H,30,36). The van der Waals surface area contributed by atoms with E-state index in [1.807, 2.05) is 61.5 Å². The number of hydrogen-bond donors (Lipinski definition) is 1. The van der Waals surface area contributed by atoms with Crippen molar-refractivity contribution < 1.29 is 9.59 Å². The van der Waals surface area contributed by atoms with Crippen LogP contribution in [0.3, 0.4) is 0 Å². The van der Waals surface area contributed by atoms with Crippen molar-refractivity contribution in [2.45, 2.75) is 44.6 Å². The maximum atomic E-state index is 14.2. The van der Waals surface area contributed by atoms with Crippen LogP contribution in [0, 0.1) is 6.92 Å². The Hall–Kier alpha value is -4.33. The first-order valence-corrected chi connectivity index (χ1v) is 12.2. The maximum absolute atomic E-state index is 14.2. The van der Waals surface area contributed by atoms with E-state index >= 15 is 0 Å².